The van der Waals surface area contributed by atoms with Gasteiger partial charge in [0.2, 0.25) is 5.91 Å². The Hall–Kier alpha value is -1.42. The number of piperidine rings is 1. The van der Waals surface area contributed by atoms with Crippen LogP contribution in [0.25, 0.3) is 0 Å². The number of pyridine rings is 1. The minimum absolute atomic E-state index is 0.232. The van der Waals surface area contributed by atoms with E-state index in [4.69, 9.17) is 5.73 Å². The molecule has 2 unspecified atom stereocenters. The van der Waals surface area contributed by atoms with E-state index >= 15 is 0 Å². The van der Waals surface area contributed by atoms with Crippen molar-refractivity contribution in [3.63, 3.8) is 0 Å². The summed E-state index contributed by atoms with van der Waals surface area (Å²) in [5.74, 6) is 0.684. The zero-order valence-electron chi connectivity index (χ0n) is 11.6. The fourth-order valence-electron chi connectivity index (χ4n) is 2.65. The lowest BCUT2D eigenvalue weighted by atomic mass is 9.90. The van der Waals surface area contributed by atoms with Gasteiger partial charge in [-0.05, 0) is 30.9 Å². The Bertz CT molecular complexity index is 407. The number of aromatic nitrogens is 1. The molecule has 0 radical (unpaired) electrons. The maximum absolute atomic E-state index is 12.2. The number of carbonyl (C=O) groups excluding carboxylic acids is 1. The summed E-state index contributed by atoms with van der Waals surface area (Å²) in [6, 6.07) is 6.07. The maximum Gasteiger partial charge on any atom is 0.222 e. The van der Waals surface area contributed by atoms with Gasteiger partial charge in [-0.15, -0.1) is 0 Å². The van der Waals surface area contributed by atoms with E-state index in [2.05, 4.69) is 11.9 Å². The second kappa shape index (κ2) is 6.66. The van der Waals surface area contributed by atoms with Gasteiger partial charge in [0.05, 0.1) is 0 Å². The molecule has 1 amide bonds. The van der Waals surface area contributed by atoms with Gasteiger partial charge in [0, 0.05) is 37.4 Å². The molecule has 1 fully saturated rings. The molecule has 1 aromatic heterocycles. The summed E-state index contributed by atoms with van der Waals surface area (Å²) < 4.78 is 0. The lowest BCUT2D eigenvalue weighted by molar-refractivity contribution is -0.133. The van der Waals surface area contributed by atoms with Crippen LogP contribution in [0.5, 0.6) is 0 Å². The molecule has 2 N–H and O–H groups in total. The molecule has 4 heteroatoms. The molecular weight excluding hydrogens is 238 g/mol. The van der Waals surface area contributed by atoms with E-state index in [1.807, 2.05) is 23.1 Å². The molecule has 0 saturated carbocycles. The van der Waals surface area contributed by atoms with Crippen molar-refractivity contribution in [3.05, 3.63) is 30.1 Å². The number of nitrogens with zero attached hydrogens (tertiary/aromatic N) is 2. The Morgan fingerprint density at radius 1 is 1.53 bits per heavy atom. The van der Waals surface area contributed by atoms with Crippen molar-refractivity contribution < 1.29 is 4.79 Å². The van der Waals surface area contributed by atoms with Crippen LogP contribution in [0.4, 0.5) is 0 Å². The minimum atomic E-state index is 0.232. The third kappa shape index (κ3) is 3.77. The van der Waals surface area contributed by atoms with E-state index in [-0.39, 0.29) is 11.9 Å². The predicted octanol–water partition coefficient (Wildman–Crippen LogP) is 1.60. The molecule has 104 valence electrons. The largest absolute Gasteiger partial charge is 0.342 e. The molecule has 0 aromatic carbocycles. The molecule has 2 rings (SSSR count). The summed E-state index contributed by atoms with van der Waals surface area (Å²) >= 11 is 0. The Morgan fingerprint density at radius 3 is 3.05 bits per heavy atom. The number of amides is 1. The van der Waals surface area contributed by atoms with E-state index in [0.29, 0.717) is 12.3 Å². The number of nitrogens with two attached hydrogens (primary N) is 1. The zero-order chi connectivity index (χ0) is 13.7. The average Bonchev–Trinajstić information content (AvgIpc) is 2.46. The molecule has 2 heterocycles. The zero-order valence-corrected chi connectivity index (χ0v) is 11.6. The molecule has 0 bridgehead atoms. The van der Waals surface area contributed by atoms with Crippen molar-refractivity contribution in [1.82, 2.24) is 9.88 Å². The topological polar surface area (TPSA) is 59.2 Å². The first-order valence-electron chi connectivity index (χ1n) is 7.14. The second-order valence-electron chi connectivity index (χ2n) is 5.28. The average molecular weight is 261 g/mol. The van der Waals surface area contributed by atoms with Crippen LogP contribution in [-0.2, 0) is 11.2 Å². The monoisotopic (exact) mass is 261 g/mol. The Labute approximate surface area is 115 Å². The van der Waals surface area contributed by atoms with Gasteiger partial charge in [0.25, 0.3) is 0 Å². The summed E-state index contributed by atoms with van der Waals surface area (Å²) in [6.45, 7) is 3.77. The molecule has 1 saturated heterocycles. The second-order valence-corrected chi connectivity index (χ2v) is 5.28. The number of hydrogen-bond donors (Lipinski definition) is 1. The standard InChI is InChI=1S/C15H23N3O/c1-2-12-11-18(10-8-14(12)16)15(19)7-6-13-5-3-4-9-17-13/h3-5,9,12,14H,2,6-8,10-11,16H2,1H3. The Morgan fingerprint density at radius 2 is 2.37 bits per heavy atom. The summed E-state index contributed by atoms with van der Waals surface area (Å²) in [5, 5.41) is 0. The van der Waals surface area contributed by atoms with E-state index in [1.54, 1.807) is 6.20 Å². The first-order valence-corrected chi connectivity index (χ1v) is 7.14. The first-order chi connectivity index (χ1) is 9.20. The van der Waals surface area contributed by atoms with Crippen molar-refractivity contribution >= 4 is 5.91 Å². The third-order valence-electron chi connectivity index (χ3n) is 3.99. The van der Waals surface area contributed by atoms with E-state index < -0.39 is 0 Å². The van der Waals surface area contributed by atoms with Crippen LogP contribution < -0.4 is 5.73 Å². The number of carbonyl (C=O) groups is 1. The highest BCUT2D eigenvalue weighted by atomic mass is 16.2. The number of aryl methyl sites for hydroxylation is 1. The van der Waals surface area contributed by atoms with Gasteiger partial charge >= 0.3 is 0 Å². The number of rotatable bonds is 4. The van der Waals surface area contributed by atoms with Gasteiger partial charge in [-0.25, -0.2) is 0 Å². The van der Waals surface area contributed by atoms with Crippen molar-refractivity contribution in [1.29, 1.82) is 0 Å². The van der Waals surface area contributed by atoms with Crippen LogP contribution in [0.2, 0.25) is 0 Å². The molecule has 1 aliphatic rings. The molecule has 19 heavy (non-hydrogen) atoms. The van der Waals surface area contributed by atoms with Crippen molar-refractivity contribution in [2.24, 2.45) is 11.7 Å². The van der Waals surface area contributed by atoms with Gasteiger partial charge < -0.3 is 10.6 Å². The highest BCUT2D eigenvalue weighted by Crippen LogP contribution is 2.19. The van der Waals surface area contributed by atoms with Gasteiger partial charge in [-0.3, -0.25) is 9.78 Å². The third-order valence-corrected chi connectivity index (χ3v) is 3.99. The molecule has 1 aromatic rings. The van der Waals surface area contributed by atoms with E-state index in [1.165, 1.54) is 0 Å². The summed E-state index contributed by atoms with van der Waals surface area (Å²) in [7, 11) is 0. The highest BCUT2D eigenvalue weighted by molar-refractivity contribution is 5.76. The van der Waals surface area contributed by atoms with Crippen LogP contribution in [0.1, 0.15) is 31.9 Å². The lowest BCUT2D eigenvalue weighted by Gasteiger charge is -2.36. The fourth-order valence-corrected chi connectivity index (χ4v) is 2.65. The van der Waals surface area contributed by atoms with Crippen molar-refractivity contribution in [2.45, 2.75) is 38.6 Å². The number of hydrogen-bond acceptors (Lipinski definition) is 3. The number of likely N-dealkylation sites (tertiary alicyclic amines) is 1. The summed E-state index contributed by atoms with van der Waals surface area (Å²) in [5.41, 5.74) is 7.05. The predicted molar refractivity (Wildman–Crippen MR) is 75.5 cm³/mol. The van der Waals surface area contributed by atoms with E-state index in [0.717, 1.165) is 38.0 Å². The lowest BCUT2D eigenvalue weighted by Crippen LogP contribution is -2.49. The van der Waals surface area contributed by atoms with Gasteiger partial charge in [0.1, 0.15) is 0 Å². The van der Waals surface area contributed by atoms with Crippen molar-refractivity contribution in [3.8, 4) is 0 Å². The van der Waals surface area contributed by atoms with Gasteiger partial charge in [-0.2, -0.15) is 0 Å². The highest BCUT2D eigenvalue weighted by Gasteiger charge is 2.27. The molecule has 2 atom stereocenters. The summed E-state index contributed by atoms with van der Waals surface area (Å²) in [6.07, 6.45) is 5.01. The fraction of sp³-hybridized carbons (Fsp3) is 0.600. The first kappa shape index (κ1) is 14.0. The van der Waals surface area contributed by atoms with Crippen molar-refractivity contribution in [2.75, 3.05) is 13.1 Å². The quantitative estimate of drug-likeness (QED) is 0.895. The Kier molecular flexibility index (Phi) is 4.91. The smallest absolute Gasteiger partial charge is 0.222 e. The van der Waals surface area contributed by atoms with Gasteiger partial charge in [-0.1, -0.05) is 19.4 Å². The minimum Gasteiger partial charge on any atom is -0.342 e. The Balaban J connectivity index is 1.83. The van der Waals surface area contributed by atoms with Crippen LogP contribution >= 0.6 is 0 Å². The molecule has 4 nitrogen and oxygen atoms in total. The molecule has 0 aliphatic carbocycles. The SMILES string of the molecule is CCC1CN(C(=O)CCc2ccccn2)CCC1N. The molecular formula is C15H23N3O. The normalized spacial score (nSPS) is 23.4. The van der Waals surface area contributed by atoms with Crippen LogP contribution in [0.15, 0.2) is 24.4 Å². The molecule has 0 spiro atoms. The maximum atomic E-state index is 12.2. The molecule has 1 aliphatic heterocycles. The van der Waals surface area contributed by atoms with Gasteiger partial charge in [0.15, 0.2) is 0 Å². The van der Waals surface area contributed by atoms with Crippen LogP contribution in [-0.4, -0.2) is 34.9 Å². The van der Waals surface area contributed by atoms with Crippen LogP contribution in [0, 0.1) is 5.92 Å². The van der Waals surface area contributed by atoms with E-state index in [9.17, 15) is 4.79 Å². The summed E-state index contributed by atoms with van der Waals surface area (Å²) in [4.78, 5) is 18.4. The van der Waals surface area contributed by atoms with Crippen LogP contribution in [0.3, 0.4) is 0 Å².